The monoisotopic (exact) mass is 424 g/mol. The van der Waals surface area contributed by atoms with Crippen molar-refractivity contribution in [1.82, 2.24) is 0 Å². The van der Waals surface area contributed by atoms with E-state index in [2.05, 4.69) is 21.2 Å². The number of methoxy groups -OCH3 is 1. The van der Waals surface area contributed by atoms with Gasteiger partial charge in [0.05, 0.1) is 30.5 Å². The fourth-order valence-corrected chi connectivity index (χ4v) is 4.20. The number of nitrogens with zero attached hydrogens (tertiary/aromatic N) is 1. The molecule has 2 amide bonds. The van der Waals surface area contributed by atoms with Crippen molar-refractivity contribution in [2.24, 2.45) is 0 Å². The molecule has 2 aliphatic rings. The Morgan fingerprint density at radius 1 is 1.31 bits per heavy atom. The van der Waals surface area contributed by atoms with Crippen LogP contribution in [0.15, 0.2) is 4.47 Å². The van der Waals surface area contributed by atoms with Crippen molar-refractivity contribution in [3.8, 4) is 0 Å². The number of rotatable bonds is 3. The molecule has 26 heavy (non-hydrogen) atoms. The Morgan fingerprint density at radius 2 is 1.96 bits per heavy atom. The third-order valence-electron chi connectivity index (χ3n) is 4.42. The summed E-state index contributed by atoms with van der Waals surface area (Å²) in [5.74, 6) is -0.944. The lowest BCUT2D eigenvalue weighted by molar-refractivity contribution is -0.164. The molecule has 2 heterocycles. The van der Waals surface area contributed by atoms with Gasteiger partial charge in [-0.05, 0) is 33.3 Å². The minimum Gasteiger partial charge on any atom is -0.467 e. The number of anilines is 2. The van der Waals surface area contributed by atoms with Crippen LogP contribution in [0.3, 0.4) is 0 Å². The van der Waals surface area contributed by atoms with Gasteiger partial charge < -0.3 is 19.7 Å². The van der Waals surface area contributed by atoms with E-state index in [1.54, 1.807) is 6.92 Å². The van der Waals surface area contributed by atoms with Crippen LogP contribution < -0.4 is 10.2 Å². The second-order valence-electron chi connectivity index (χ2n) is 7.39. The van der Waals surface area contributed by atoms with Gasteiger partial charge in [-0.2, -0.15) is 0 Å². The molecule has 3 rings (SSSR count). The summed E-state index contributed by atoms with van der Waals surface area (Å²) in [5, 5.41) is 2.84. The van der Waals surface area contributed by atoms with Crippen LogP contribution in [0.4, 0.5) is 11.4 Å². The van der Waals surface area contributed by atoms with Crippen LogP contribution in [0, 0.1) is 6.92 Å². The number of hydrogen-bond donors (Lipinski definition) is 1. The van der Waals surface area contributed by atoms with Crippen LogP contribution in [0.5, 0.6) is 0 Å². The normalized spacial score (nSPS) is 17.1. The van der Waals surface area contributed by atoms with Gasteiger partial charge in [-0.3, -0.25) is 9.59 Å². The number of halogens is 1. The van der Waals surface area contributed by atoms with Crippen LogP contribution in [0.2, 0.25) is 0 Å². The van der Waals surface area contributed by atoms with Gasteiger partial charge in [-0.1, -0.05) is 15.9 Å². The number of hydrogen-bond acceptors (Lipinski definition) is 5. The molecule has 0 saturated carbocycles. The molecule has 0 fully saturated rings. The number of esters is 1. The van der Waals surface area contributed by atoms with Crippen molar-refractivity contribution in [3.63, 3.8) is 0 Å². The van der Waals surface area contributed by atoms with Gasteiger partial charge in [-0.15, -0.1) is 0 Å². The first-order valence-corrected chi connectivity index (χ1v) is 9.05. The summed E-state index contributed by atoms with van der Waals surface area (Å²) in [6.07, 6.45) is -0.826. The van der Waals surface area contributed by atoms with E-state index in [4.69, 9.17) is 9.47 Å². The van der Waals surface area contributed by atoms with Crippen LogP contribution in [0.25, 0.3) is 0 Å². The molecule has 0 aromatic heterocycles. The summed E-state index contributed by atoms with van der Waals surface area (Å²) >= 11 is 3.57. The van der Waals surface area contributed by atoms with E-state index in [0.29, 0.717) is 27.0 Å². The predicted octanol–water partition coefficient (Wildman–Crippen LogP) is 2.63. The SMILES string of the molecule is COC(=O)[C@@H](OC(C)(C)C)c1c(C)c2c3c(c1Br)CC(=O)N3CC(=O)N2. The first kappa shape index (κ1) is 18.8. The zero-order valence-electron chi connectivity index (χ0n) is 15.4. The molecule has 0 spiro atoms. The number of carbonyl (C=O) groups excluding carboxylic acids is 3. The largest absolute Gasteiger partial charge is 0.467 e. The number of carbonyl (C=O) groups is 3. The van der Waals surface area contributed by atoms with Crippen molar-refractivity contribution in [2.75, 3.05) is 23.9 Å². The van der Waals surface area contributed by atoms with Crippen LogP contribution >= 0.6 is 15.9 Å². The highest BCUT2D eigenvalue weighted by Crippen LogP contribution is 2.49. The van der Waals surface area contributed by atoms with Gasteiger partial charge >= 0.3 is 5.97 Å². The molecule has 7 nitrogen and oxygen atoms in total. The lowest BCUT2D eigenvalue weighted by atomic mass is 9.95. The zero-order chi connectivity index (χ0) is 19.4. The summed E-state index contributed by atoms with van der Waals surface area (Å²) in [7, 11) is 1.30. The van der Waals surface area contributed by atoms with Crippen molar-refractivity contribution in [2.45, 2.75) is 45.8 Å². The molecular weight excluding hydrogens is 404 g/mol. The highest BCUT2D eigenvalue weighted by atomic mass is 79.9. The van der Waals surface area contributed by atoms with E-state index in [-0.39, 0.29) is 24.8 Å². The second kappa shape index (κ2) is 6.35. The molecule has 8 heteroatoms. The van der Waals surface area contributed by atoms with E-state index >= 15 is 0 Å². The average molecular weight is 425 g/mol. The van der Waals surface area contributed by atoms with Gasteiger partial charge in [0, 0.05) is 15.6 Å². The number of ether oxygens (including phenoxy) is 2. The Balaban J connectivity index is 2.24. The topological polar surface area (TPSA) is 84.9 Å². The van der Waals surface area contributed by atoms with Gasteiger partial charge in [-0.25, -0.2) is 4.79 Å². The summed E-state index contributed by atoms with van der Waals surface area (Å²) in [6.45, 7) is 7.33. The molecule has 0 saturated heterocycles. The molecule has 0 aliphatic carbocycles. The Hall–Kier alpha value is -1.93. The standard InChI is InChI=1S/C18H21BrN2O5/c1-8-12(16(17(24)25-5)26-18(2,3)4)13(19)9-6-11(23)21-7-10(22)20-14(8)15(9)21/h16H,6-7H2,1-5H3,(H,20,22)/t16-/m0/s1. The van der Waals surface area contributed by atoms with E-state index in [1.807, 2.05) is 20.8 Å². The Labute approximate surface area is 160 Å². The summed E-state index contributed by atoms with van der Waals surface area (Å²) in [6, 6.07) is 0. The van der Waals surface area contributed by atoms with Crippen molar-refractivity contribution < 1.29 is 23.9 Å². The van der Waals surface area contributed by atoms with Crippen LogP contribution in [-0.4, -0.2) is 37.0 Å². The zero-order valence-corrected chi connectivity index (χ0v) is 16.9. The van der Waals surface area contributed by atoms with Gasteiger partial charge in [0.1, 0.15) is 6.54 Å². The molecule has 0 bridgehead atoms. The van der Waals surface area contributed by atoms with Crippen LogP contribution in [-0.2, 0) is 30.3 Å². The minimum atomic E-state index is -0.987. The summed E-state index contributed by atoms with van der Waals surface area (Å²) in [5.41, 5.74) is 2.62. The quantitative estimate of drug-likeness (QED) is 0.753. The maximum atomic E-state index is 12.5. The third-order valence-corrected chi connectivity index (χ3v) is 5.32. The third kappa shape index (κ3) is 3.01. The lowest BCUT2D eigenvalue weighted by Crippen LogP contribution is -2.40. The summed E-state index contributed by atoms with van der Waals surface area (Å²) in [4.78, 5) is 38.4. The second-order valence-corrected chi connectivity index (χ2v) is 8.19. The smallest absolute Gasteiger partial charge is 0.339 e. The maximum absolute atomic E-state index is 12.5. The molecule has 1 aromatic rings. The lowest BCUT2D eigenvalue weighted by Gasteiger charge is -2.32. The van der Waals surface area contributed by atoms with Gasteiger partial charge in [0.2, 0.25) is 11.8 Å². The first-order valence-electron chi connectivity index (χ1n) is 8.26. The summed E-state index contributed by atoms with van der Waals surface area (Å²) < 4.78 is 11.6. The highest BCUT2D eigenvalue weighted by Gasteiger charge is 2.41. The minimum absolute atomic E-state index is 0.00296. The number of benzene rings is 1. The Kier molecular flexibility index (Phi) is 4.60. The first-order chi connectivity index (χ1) is 12.0. The molecule has 1 aromatic carbocycles. The van der Waals surface area contributed by atoms with E-state index in [1.165, 1.54) is 12.0 Å². The predicted molar refractivity (Wildman–Crippen MR) is 99.2 cm³/mol. The fraction of sp³-hybridized carbons (Fsp3) is 0.500. The van der Waals surface area contributed by atoms with Crippen LogP contribution in [0.1, 0.15) is 43.6 Å². The van der Waals surface area contributed by atoms with Gasteiger partial charge in [0.15, 0.2) is 6.10 Å². The molecule has 140 valence electrons. The molecule has 0 unspecified atom stereocenters. The highest BCUT2D eigenvalue weighted by molar-refractivity contribution is 9.10. The number of nitrogens with one attached hydrogen (secondary N) is 1. The van der Waals surface area contributed by atoms with E-state index in [9.17, 15) is 14.4 Å². The molecule has 1 atom stereocenters. The van der Waals surface area contributed by atoms with Gasteiger partial charge in [0.25, 0.3) is 0 Å². The average Bonchev–Trinajstić information content (AvgIpc) is 2.87. The molecule has 1 N–H and O–H groups in total. The molecular formula is C18H21BrN2O5. The molecule has 0 radical (unpaired) electrons. The van der Waals surface area contributed by atoms with Crippen molar-refractivity contribution in [1.29, 1.82) is 0 Å². The Bertz CT molecular complexity index is 828. The van der Waals surface area contributed by atoms with E-state index in [0.717, 1.165) is 5.56 Å². The van der Waals surface area contributed by atoms with Crippen molar-refractivity contribution >= 4 is 45.1 Å². The molecule has 2 aliphatic heterocycles. The number of amides is 2. The Morgan fingerprint density at radius 3 is 2.54 bits per heavy atom. The van der Waals surface area contributed by atoms with Crippen molar-refractivity contribution in [3.05, 3.63) is 21.2 Å². The fourth-order valence-electron chi connectivity index (χ4n) is 3.36. The maximum Gasteiger partial charge on any atom is 0.339 e. The van der Waals surface area contributed by atoms with E-state index < -0.39 is 17.7 Å².